The molecule has 0 amide bonds. The minimum Gasteiger partial charge on any atom is -0.479 e. The van der Waals surface area contributed by atoms with Crippen molar-refractivity contribution in [2.45, 2.75) is 30.5 Å². The Balaban J connectivity index is 4.57. The Morgan fingerprint density at radius 1 is 0.750 bits per heavy atom. The van der Waals surface area contributed by atoms with Crippen molar-refractivity contribution in [1.82, 2.24) is 0 Å². The predicted molar refractivity (Wildman–Crippen MR) is 67.2 cm³/mol. The normalized spacial score (nSPS) is 17.0. The van der Waals surface area contributed by atoms with Crippen molar-refractivity contribution in [3.63, 3.8) is 0 Å². The van der Waals surface area contributed by atoms with Gasteiger partial charge < -0.3 is 45.2 Å². The molecule has 0 bridgehead atoms. The van der Waals surface area contributed by atoms with Gasteiger partial charge in [-0.15, -0.1) is 0 Å². The highest BCUT2D eigenvalue weighted by Gasteiger charge is 2.34. The van der Waals surface area contributed by atoms with Gasteiger partial charge in [0.15, 0.2) is 30.5 Å². The lowest BCUT2D eigenvalue weighted by atomic mass is 10.2. The average molecular weight is 356 g/mol. The topological polar surface area (TPSA) is 228 Å². The molecule has 7 N–H and O–H groups in total. The SMILES string of the molecule is O=C(O)C(O)C(O)C(=O)OCC(CO)OC(=O)C(O)C(O)C(=O)O. The largest absolute Gasteiger partial charge is 0.479 e. The lowest BCUT2D eigenvalue weighted by molar-refractivity contribution is -0.182. The van der Waals surface area contributed by atoms with Crippen molar-refractivity contribution < 1.29 is 64.4 Å². The number of hydrogen-bond donors (Lipinski definition) is 7. The van der Waals surface area contributed by atoms with Crippen LogP contribution < -0.4 is 0 Å². The van der Waals surface area contributed by atoms with Crippen LogP contribution in [-0.4, -0.2) is 103 Å². The fourth-order valence-electron chi connectivity index (χ4n) is 1.15. The Kier molecular flexibility index (Phi) is 8.80. The number of hydrogen-bond acceptors (Lipinski definition) is 11. The summed E-state index contributed by atoms with van der Waals surface area (Å²) in [5.74, 6) is -7.08. The van der Waals surface area contributed by atoms with E-state index in [9.17, 15) is 19.2 Å². The molecule has 13 heteroatoms. The van der Waals surface area contributed by atoms with E-state index < -0.39 is 67.6 Å². The van der Waals surface area contributed by atoms with Crippen LogP contribution in [0.5, 0.6) is 0 Å². The first kappa shape index (κ1) is 21.7. The molecule has 0 aromatic heterocycles. The standard InChI is InChI=1S/C11H16O13/c12-1-3(24-11(22)7(16)5(14)9(19)20)2-23-10(21)6(15)4(13)8(17)18/h3-7,12-16H,1-2H2,(H,17,18)(H,19,20). The zero-order valence-corrected chi connectivity index (χ0v) is 11.9. The maximum atomic E-state index is 11.3. The van der Waals surface area contributed by atoms with Gasteiger partial charge in [0.1, 0.15) is 6.61 Å². The quantitative estimate of drug-likeness (QED) is 0.182. The monoisotopic (exact) mass is 356 g/mol. The molecular formula is C11H16O13. The Bertz CT molecular complexity index is 475. The molecule has 0 aliphatic heterocycles. The maximum Gasteiger partial charge on any atom is 0.338 e. The lowest BCUT2D eigenvalue weighted by Gasteiger charge is -2.20. The van der Waals surface area contributed by atoms with Gasteiger partial charge in [-0.3, -0.25) is 0 Å². The van der Waals surface area contributed by atoms with Crippen molar-refractivity contribution in [2.75, 3.05) is 13.2 Å². The molecule has 0 aromatic carbocycles. The van der Waals surface area contributed by atoms with E-state index in [2.05, 4.69) is 9.47 Å². The van der Waals surface area contributed by atoms with Gasteiger partial charge in [0.2, 0.25) is 0 Å². The third kappa shape index (κ3) is 6.43. The summed E-state index contributed by atoms with van der Waals surface area (Å²) in [6.07, 6.45) is -11.5. The second-order valence-corrected chi connectivity index (χ2v) is 4.33. The van der Waals surface area contributed by atoms with Crippen LogP contribution in [0.1, 0.15) is 0 Å². The lowest BCUT2D eigenvalue weighted by Crippen LogP contribution is -2.44. The second kappa shape index (κ2) is 9.74. The molecule has 24 heavy (non-hydrogen) atoms. The maximum absolute atomic E-state index is 11.3. The number of carboxylic acid groups (broad SMARTS) is 2. The van der Waals surface area contributed by atoms with E-state index in [1.54, 1.807) is 0 Å². The van der Waals surface area contributed by atoms with Crippen LogP contribution in [0.4, 0.5) is 0 Å². The number of esters is 2. The van der Waals surface area contributed by atoms with E-state index in [0.29, 0.717) is 0 Å². The number of carboxylic acids is 2. The summed E-state index contributed by atoms with van der Waals surface area (Å²) >= 11 is 0. The number of carbonyl (C=O) groups excluding carboxylic acids is 2. The minimum atomic E-state index is -2.49. The molecule has 5 unspecified atom stereocenters. The molecule has 0 saturated heterocycles. The summed E-state index contributed by atoms with van der Waals surface area (Å²) in [5.41, 5.74) is 0. The van der Waals surface area contributed by atoms with Gasteiger partial charge in [-0.05, 0) is 0 Å². The molecule has 0 aliphatic rings. The predicted octanol–water partition coefficient (Wildman–Crippen LogP) is -4.95. The molecule has 0 saturated carbocycles. The Labute approximate surface area is 133 Å². The molecular weight excluding hydrogens is 340 g/mol. The van der Waals surface area contributed by atoms with Crippen LogP contribution in [0.2, 0.25) is 0 Å². The van der Waals surface area contributed by atoms with E-state index >= 15 is 0 Å². The molecule has 0 heterocycles. The summed E-state index contributed by atoms with van der Waals surface area (Å²) in [4.78, 5) is 43.3. The molecule has 5 atom stereocenters. The first-order chi connectivity index (χ1) is 11.0. The molecule has 138 valence electrons. The van der Waals surface area contributed by atoms with Crippen LogP contribution in [0.25, 0.3) is 0 Å². The zero-order chi connectivity index (χ0) is 19.0. The number of rotatable bonds is 10. The fraction of sp³-hybridized carbons (Fsp3) is 0.636. The van der Waals surface area contributed by atoms with Gasteiger partial charge in [-0.1, -0.05) is 0 Å². The number of aliphatic hydroxyl groups is 5. The van der Waals surface area contributed by atoms with Gasteiger partial charge in [0, 0.05) is 0 Å². The fourth-order valence-corrected chi connectivity index (χ4v) is 1.15. The van der Waals surface area contributed by atoms with E-state index in [1.165, 1.54) is 0 Å². The minimum absolute atomic E-state index is 0.916. The summed E-state index contributed by atoms with van der Waals surface area (Å²) < 4.78 is 8.68. The van der Waals surface area contributed by atoms with Crippen molar-refractivity contribution in [1.29, 1.82) is 0 Å². The highest BCUT2D eigenvalue weighted by atomic mass is 16.6. The summed E-state index contributed by atoms with van der Waals surface area (Å²) in [6, 6.07) is 0. The smallest absolute Gasteiger partial charge is 0.338 e. The average Bonchev–Trinajstić information content (AvgIpc) is 2.54. The van der Waals surface area contributed by atoms with Crippen LogP contribution >= 0.6 is 0 Å². The van der Waals surface area contributed by atoms with Crippen molar-refractivity contribution in [3.8, 4) is 0 Å². The van der Waals surface area contributed by atoms with Gasteiger partial charge in [0.05, 0.1) is 6.61 Å². The first-order valence-corrected chi connectivity index (χ1v) is 6.18. The van der Waals surface area contributed by atoms with Crippen molar-refractivity contribution in [3.05, 3.63) is 0 Å². The Hall–Kier alpha value is -2.32. The summed E-state index contributed by atoms with van der Waals surface area (Å²) in [7, 11) is 0. The van der Waals surface area contributed by atoms with Crippen LogP contribution in [0.15, 0.2) is 0 Å². The summed E-state index contributed by atoms with van der Waals surface area (Å²) in [5, 5.41) is 61.8. The van der Waals surface area contributed by atoms with Crippen molar-refractivity contribution in [2.24, 2.45) is 0 Å². The highest BCUT2D eigenvalue weighted by molar-refractivity contribution is 5.85. The van der Waals surface area contributed by atoms with Gasteiger partial charge in [-0.2, -0.15) is 0 Å². The molecule has 0 spiro atoms. The van der Waals surface area contributed by atoms with Crippen LogP contribution in [-0.2, 0) is 28.7 Å². The van der Waals surface area contributed by atoms with Gasteiger partial charge in [0.25, 0.3) is 0 Å². The second-order valence-electron chi connectivity index (χ2n) is 4.33. The van der Waals surface area contributed by atoms with Gasteiger partial charge in [-0.25, -0.2) is 19.2 Å². The Morgan fingerprint density at radius 2 is 1.17 bits per heavy atom. The molecule has 0 radical (unpaired) electrons. The molecule has 13 nitrogen and oxygen atoms in total. The number of ether oxygens (including phenoxy) is 2. The van der Waals surface area contributed by atoms with E-state index in [1.807, 2.05) is 0 Å². The van der Waals surface area contributed by atoms with E-state index in [-0.39, 0.29) is 0 Å². The molecule has 0 rings (SSSR count). The number of aliphatic hydroxyl groups excluding tert-OH is 5. The number of carbonyl (C=O) groups is 4. The number of aliphatic carboxylic acids is 2. The van der Waals surface area contributed by atoms with E-state index in [0.717, 1.165) is 0 Å². The van der Waals surface area contributed by atoms with Crippen LogP contribution in [0.3, 0.4) is 0 Å². The van der Waals surface area contributed by atoms with Crippen molar-refractivity contribution >= 4 is 23.9 Å². The molecule has 0 aliphatic carbocycles. The van der Waals surface area contributed by atoms with E-state index in [4.69, 9.17) is 35.7 Å². The third-order valence-corrected chi connectivity index (χ3v) is 2.49. The Morgan fingerprint density at radius 3 is 1.54 bits per heavy atom. The molecule has 0 aromatic rings. The third-order valence-electron chi connectivity index (χ3n) is 2.49. The molecule has 0 fully saturated rings. The highest BCUT2D eigenvalue weighted by Crippen LogP contribution is 2.04. The summed E-state index contributed by atoms with van der Waals surface area (Å²) in [6.45, 7) is -1.88. The van der Waals surface area contributed by atoms with Crippen LogP contribution in [0, 0.1) is 0 Å². The van der Waals surface area contributed by atoms with Gasteiger partial charge >= 0.3 is 23.9 Å². The first-order valence-electron chi connectivity index (χ1n) is 6.18. The zero-order valence-electron chi connectivity index (χ0n) is 11.9.